The van der Waals surface area contributed by atoms with E-state index >= 15 is 0 Å². The molecule has 0 spiro atoms. The molecule has 2 fully saturated rings. The summed E-state index contributed by atoms with van der Waals surface area (Å²) in [7, 11) is -1.50. The van der Waals surface area contributed by atoms with Crippen LogP contribution in [-0.4, -0.2) is 13.0 Å². The van der Waals surface area contributed by atoms with Crippen LogP contribution < -0.4 is 0 Å². The summed E-state index contributed by atoms with van der Waals surface area (Å²) in [6.07, 6.45) is 6.03. The Morgan fingerprint density at radius 3 is 2.62 bits per heavy atom. The van der Waals surface area contributed by atoms with Gasteiger partial charge in [-0.3, -0.25) is 0 Å². The molecule has 0 amide bonds. The van der Waals surface area contributed by atoms with E-state index < -0.39 is 8.87 Å². The molecule has 76 valence electrons. The molecule has 1 saturated carbocycles. The quantitative estimate of drug-likeness (QED) is 0.530. The molecule has 1 aliphatic carbocycles. The predicted molar refractivity (Wildman–Crippen MR) is 56.0 cm³/mol. The van der Waals surface area contributed by atoms with Crippen LogP contribution in [0.3, 0.4) is 0 Å². The monoisotopic (exact) mass is 220 g/mol. The SMILES string of the molecule is CC1CCCC(CC2SS2(=O)=O)C1. The highest BCUT2D eigenvalue weighted by molar-refractivity contribution is 8.88. The second kappa shape index (κ2) is 3.46. The zero-order valence-corrected chi connectivity index (χ0v) is 9.53. The molecule has 4 heteroatoms. The summed E-state index contributed by atoms with van der Waals surface area (Å²) >= 11 is 0. The second-order valence-electron chi connectivity index (χ2n) is 4.39. The lowest BCUT2D eigenvalue weighted by Gasteiger charge is -2.25. The fourth-order valence-electron chi connectivity index (χ4n) is 2.33. The summed E-state index contributed by atoms with van der Waals surface area (Å²) in [5.74, 6) is 1.49. The van der Waals surface area contributed by atoms with Gasteiger partial charge in [-0.05, 0) is 35.5 Å². The number of hydrogen-bond acceptors (Lipinski definition) is 3. The van der Waals surface area contributed by atoms with Crippen LogP contribution in [0.15, 0.2) is 0 Å². The summed E-state index contributed by atoms with van der Waals surface area (Å²) in [6, 6.07) is 0. The van der Waals surface area contributed by atoms with Gasteiger partial charge in [-0.2, -0.15) is 0 Å². The number of rotatable bonds is 2. The van der Waals surface area contributed by atoms with Crippen LogP contribution in [0.1, 0.15) is 39.0 Å². The van der Waals surface area contributed by atoms with Crippen LogP contribution in [0.5, 0.6) is 0 Å². The molecule has 2 rings (SSSR count). The van der Waals surface area contributed by atoms with E-state index in [-0.39, 0.29) is 4.58 Å². The molecule has 0 radical (unpaired) electrons. The third kappa shape index (κ3) is 2.40. The van der Waals surface area contributed by atoms with Crippen LogP contribution in [0.2, 0.25) is 0 Å². The van der Waals surface area contributed by atoms with Crippen molar-refractivity contribution < 1.29 is 8.42 Å². The molecule has 0 bridgehead atoms. The molecule has 2 nitrogen and oxygen atoms in total. The van der Waals surface area contributed by atoms with E-state index in [0.717, 1.165) is 23.1 Å². The minimum atomic E-state index is -2.66. The van der Waals surface area contributed by atoms with E-state index in [1.165, 1.54) is 25.7 Å². The van der Waals surface area contributed by atoms with Crippen LogP contribution in [0.4, 0.5) is 0 Å². The Bertz CT molecular complexity index is 284. The maximum Gasteiger partial charge on any atom is 0.216 e. The molecule has 0 aromatic carbocycles. The van der Waals surface area contributed by atoms with Gasteiger partial charge in [0.25, 0.3) is 0 Å². The molecular formula is C9H16O2S2. The van der Waals surface area contributed by atoms with Gasteiger partial charge in [0.2, 0.25) is 8.87 Å². The van der Waals surface area contributed by atoms with Crippen molar-refractivity contribution in [2.75, 3.05) is 0 Å². The summed E-state index contributed by atoms with van der Waals surface area (Å²) < 4.78 is 21.9. The van der Waals surface area contributed by atoms with Crippen LogP contribution in [0, 0.1) is 11.8 Å². The van der Waals surface area contributed by atoms with Crippen molar-refractivity contribution in [1.29, 1.82) is 0 Å². The molecule has 13 heavy (non-hydrogen) atoms. The summed E-state index contributed by atoms with van der Waals surface area (Å²) in [4.78, 5) is 0. The van der Waals surface area contributed by atoms with E-state index in [1.54, 1.807) is 0 Å². The maximum absolute atomic E-state index is 11.0. The standard InChI is InChI=1S/C9H16O2S2/c1-7-3-2-4-8(5-7)6-9-12-13(9,10)11/h7-9H,2-6H2,1H3. The molecule has 3 unspecified atom stereocenters. The highest BCUT2D eigenvalue weighted by atomic mass is 33.2. The average Bonchev–Trinajstić information content (AvgIpc) is 2.58. The molecule has 0 N–H and O–H groups in total. The predicted octanol–water partition coefficient (Wildman–Crippen LogP) is 2.61. The fraction of sp³-hybridized carbons (Fsp3) is 1.00. The van der Waals surface area contributed by atoms with Crippen LogP contribution >= 0.6 is 10.8 Å². The summed E-state index contributed by atoms with van der Waals surface area (Å²) in [5, 5.41) is 0. The van der Waals surface area contributed by atoms with Crippen molar-refractivity contribution in [3.63, 3.8) is 0 Å². The Labute approximate surface area is 83.8 Å². The fourth-order valence-corrected chi connectivity index (χ4v) is 5.25. The lowest BCUT2D eigenvalue weighted by Crippen LogP contribution is -2.14. The van der Waals surface area contributed by atoms with Gasteiger partial charge in [0, 0.05) is 0 Å². The van der Waals surface area contributed by atoms with Gasteiger partial charge in [0.15, 0.2) is 0 Å². The molecule has 1 aliphatic heterocycles. The van der Waals surface area contributed by atoms with E-state index in [2.05, 4.69) is 6.92 Å². The van der Waals surface area contributed by atoms with Gasteiger partial charge in [-0.15, -0.1) is 0 Å². The zero-order valence-electron chi connectivity index (χ0n) is 7.90. The van der Waals surface area contributed by atoms with Gasteiger partial charge < -0.3 is 0 Å². The molecule has 1 saturated heterocycles. The van der Waals surface area contributed by atoms with Crippen molar-refractivity contribution in [3.05, 3.63) is 0 Å². The molecular weight excluding hydrogens is 204 g/mol. The topological polar surface area (TPSA) is 34.1 Å². The Morgan fingerprint density at radius 2 is 2.08 bits per heavy atom. The Hall–Kier alpha value is 0.300. The largest absolute Gasteiger partial charge is 0.216 e. The van der Waals surface area contributed by atoms with Crippen molar-refractivity contribution in [3.8, 4) is 0 Å². The van der Waals surface area contributed by atoms with E-state index in [1.807, 2.05) is 0 Å². The third-order valence-electron chi connectivity index (χ3n) is 3.10. The third-order valence-corrected chi connectivity index (χ3v) is 6.87. The summed E-state index contributed by atoms with van der Waals surface area (Å²) in [6.45, 7) is 2.28. The zero-order chi connectivity index (χ0) is 9.47. The Balaban J connectivity index is 1.82. The van der Waals surface area contributed by atoms with Crippen molar-refractivity contribution in [2.45, 2.75) is 43.6 Å². The molecule has 1 heterocycles. The van der Waals surface area contributed by atoms with E-state index in [0.29, 0.717) is 5.92 Å². The molecule has 2 aliphatic rings. The second-order valence-corrected chi connectivity index (χ2v) is 8.98. The maximum atomic E-state index is 11.0. The van der Waals surface area contributed by atoms with Gasteiger partial charge >= 0.3 is 0 Å². The van der Waals surface area contributed by atoms with E-state index in [4.69, 9.17) is 0 Å². The van der Waals surface area contributed by atoms with Gasteiger partial charge in [-0.25, -0.2) is 8.42 Å². The van der Waals surface area contributed by atoms with Gasteiger partial charge in [0.05, 0.1) is 0 Å². The average molecular weight is 220 g/mol. The first-order chi connectivity index (χ1) is 6.08. The Morgan fingerprint density at radius 1 is 1.38 bits per heavy atom. The van der Waals surface area contributed by atoms with Gasteiger partial charge in [-0.1, -0.05) is 26.2 Å². The van der Waals surface area contributed by atoms with Gasteiger partial charge in [0.1, 0.15) is 4.58 Å². The van der Waals surface area contributed by atoms with Crippen LogP contribution in [0.25, 0.3) is 0 Å². The highest BCUT2D eigenvalue weighted by Gasteiger charge is 2.46. The van der Waals surface area contributed by atoms with Crippen molar-refractivity contribution >= 4 is 19.7 Å². The first kappa shape index (κ1) is 9.84. The first-order valence-electron chi connectivity index (χ1n) is 5.00. The molecule has 0 aromatic heterocycles. The molecule has 3 atom stereocenters. The minimum Gasteiger partial charge on any atom is -0.216 e. The first-order valence-corrected chi connectivity index (χ1v) is 7.94. The lowest BCUT2D eigenvalue weighted by atomic mass is 9.81. The highest BCUT2D eigenvalue weighted by Crippen LogP contribution is 2.49. The number of hydrogen-bond donors (Lipinski definition) is 0. The molecule has 0 aromatic rings. The summed E-state index contributed by atoms with van der Waals surface area (Å²) in [5.41, 5.74) is 0. The minimum absolute atomic E-state index is 0.0391. The van der Waals surface area contributed by atoms with Crippen LogP contribution in [-0.2, 0) is 8.87 Å². The Kier molecular flexibility index (Phi) is 2.62. The van der Waals surface area contributed by atoms with E-state index in [9.17, 15) is 8.42 Å². The lowest BCUT2D eigenvalue weighted by molar-refractivity contribution is 0.276. The van der Waals surface area contributed by atoms with Crippen molar-refractivity contribution in [2.24, 2.45) is 11.8 Å². The smallest absolute Gasteiger partial charge is 0.216 e. The normalized spacial score (nSPS) is 43.0. The van der Waals surface area contributed by atoms with Crippen molar-refractivity contribution in [1.82, 2.24) is 0 Å².